The van der Waals surface area contributed by atoms with Crippen LogP contribution in [0, 0.1) is 6.92 Å². The molecule has 15 rings (SSSR count). The predicted octanol–water partition coefficient (Wildman–Crippen LogP) is 17.3. The number of benzene rings is 10. The van der Waals surface area contributed by atoms with Crippen LogP contribution in [0.1, 0.15) is 5.56 Å². The molecule has 0 atom stereocenters. The van der Waals surface area contributed by atoms with Crippen LogP contribution in [-0.4, -0.2) is 24.1 Å². The van der Waals surface area contributed by atoms with Gasteiger partial charge in [-0.05, 0) is 96.4 Å². The van der Waals surface area contributed by atoms with Crippen molar-refractivity contribution in [3.8, 4) is 56.7 Å². The lowest BCUT2D eigenvalue weighted by molar-refractivity contribution is 0.669. The van der Waals surface area contributed by atoms with Crippen molar-refractivity contribution in [3.63, 3.8) is 0 Å². The fraction of sp³-hybridized carbons (Fsp3) is 0.0156. The smallest absolute Gasteiger partial charge is 0.168 e. The summed E-state index contributed by atoms with van der Waals surface area (Å²) in [6.07, 6.45) is 0. The molecule has 0 saturated heterocycles. The Morgan fingerprint density at radius 3 is 1.69 bits per heavy atom. The van der Waals surface area contributed by atoms with Crippen LogP contribution in [-0.2, 0) is 0 Å². The molecule has 0 N–H and O–H groups in total. The Morgan fingerprint density at radius 1 is 0.380 bits per heavy atom. The van der Waals surface area contributed by atoms with E-state index in [0.29, 0.717) is 17.5 Å². The summed E-state index contributed by atoms with van der Waals surface area (Å²) in [6, 6.07) is 78.0. The molecule has 0 radical (unpaired) electrons. The van der Waals surface area contributed by atoms with E-state index in [-0.39, 0.29) is 0 Å². The normalized spacial score (nSPS) is 12.0. The van der Waals surface area contributed by atoms with E-state index in [9.17, 15) is 0 Å². The van der Waals surface area contributed by atoms with Gasteiger partial charge >= 0.3 is 0 Å². The number of hydrogen-bond donors (Lipinski definition) is 0. The summed E-state index contributed by atoms with van der Waals surface area (Å²) in [5.74, 6) is 1.76. The standard InChI is InChI=1S/C64H39N5OS/c1-38-33-55(60-46-25-12-15-27-56(46)70-61(60)59(38)64-66-62(39-17-5-2-6-18-39)65-63(67-64)40-19-7-3-8-20-40)69-52-31-29-41(42-30-32-58-50(35-42)45-24-13-16-28-57(45)71-58)34-47(52)49-36-48-44-23-11-14-26-51(44)68(53(48)37-54(49)69)43-21-9-4-10-22-43/h2-37H,1H3. The van der Waals surface area contributed by atoms with Crippen LogP contribution < -0.4 is 0 Å². The molecule has 5 aromatic heterocycles. The van der Waals surface area contributed by atoms with E-state index in [4.69, 9.17) is 19.4 Å². The molecule has 7 heteroatoms. The molecule has 0 saturated carbocycles. The van der Waals surface area contributed by atoms with Gasteiger partial charge < -0.3 is 13.6 Å². The summed E-state index contributed by atoms with van der Waals surface area (Å²) < 4.78 is 14.6. The van der Waals surface area contributed by atoms with Crippen LogP contribution in [0.15, 0.2) is 223 Å². The molecule has 15 aromatic rings. The van der Waals surface area contributed by atoms with Crippen LogP contribution >= 0.6 is 11.3 Å². The number of rotatable bonds is 6. The summed E-state index contributed by atoms with van der Waals surface area (Å²) >= 11 is 1.85. The average molecular weight is 926 g/mol. The molecule has 332 valence electrons. The molecule has 5 heterocycles. The molecule has 71 heavy (non-hydrogen) atoms. The minimum Gasteiger partial charge on any atom is -0.455 e. The van der Waals surface area contributed by atoms with Crippen molar-refractivity contribution in [3.05, 3.63) is 224 Å². The Hall–Kier alpha value is -9.17. The SMILES string of the molecule is Cc1cc(-n2c3ccc(-c4ccc5sc6ccccc6c5c4)cc3c3cc4c5ccccc5n(-c5ccccc5)c4cc32)c2c(oc3ccccc32)c1-c1nc(-c2ccccc2)nc(-c2ccccc2)n1. The Balaban J connectivity index is 1.05. The summed E-state index contributed by atoms with van der Waals surface area (Å²) in [7, 11) is 0. The van der Waals surface area contributed by atoms with Gasteiger partial charge in [0, 0.05) is 63.9 Å². The molecule has 0 aliphatic rings. The van der Waals surface area contributed by atoms with Crippen molar-refractivity contribution >= 4 is 97.1 Å². The Morgan fingerprint density at radius 2 is 0.930 bits per heavy atom. The number of fused-ring (bicyclic) bond motifs is 12. The third-order valence-corrected chi connectivity index (χ3v) is 15.4. The van der Waals surface area contributed by atoms with Crippen LogP contribution in [0.3, 0.4) is 0 Å². The molecule has 6 nitrogen and oxygen atoms in total. The van der Waals surface area contributed by atoms with Crippen molar-refractivity contribution in [1.82, 2.24) is 24.1 Å². The van der Waals surface area contributed by atoms with Gasteiger partial charge in [-0.3, -0.25) is 0 Å². The fourth-order valence-electron chi connectivity index (χ4n) is 11.1. The van der Waals surface area contributed by atoms with E-state index in [1.807, 2.05) is 78.1 Å². The van der Waals surface area contributed by atoms with Crippen LogP contribution in [0.25, 0.3) is 142 Å². The Bertz CT molecular complexity index is 4580. The quantitative estimate of drug-likeness (QED) is 0.167. The lowest BCUT2D eigenvalue weighted by Gasteiger charge is -2.15. The van der Waals surface area contributed by atoms with Gasteiger partial charge in [0.1, 0.15) is 11.2 Å². The maximum absolute atomic E-state index is 7.08. The molecule has 0 bridgehead atoms. The first-order valence-electron chi connectivity index (χ1n) is 23.9. The number of nitrogens with zero attached hydrogens (tertiary/aromatic N) is 5. The lowest BCUT2D eigenvalue weighted by Crippen LogP contribution is -2.03. The van der Waals surface area contributed by atoms with E-state index < -0.39 is 0 Å². The number of hydrogen-bond acceptors (Lipinski definition) is 5. The second-order valence-electron chi connectivity index (χ2n) is 18.4. The molecule has 0 spiro atoms. The van der Waals surface area contributed by atoms with E-state index >= 15 is 0 Å². The second-order valence-corrected chi connectivity index (χ2v) is 19.5. The molecule has 0 fully saturated rings. The average Bonchev–Trinajstić information content (AvgIpc) is 4.18. The monoisotopic (exact) mass is 925 g/mol. The maximum atomic E-state index is 7.08. The number of para-hydroxylation sites is 3. The minimum atomic E-state index is 0.558. The van der Waals surface area contributed by atoms with Crippen LogP contribution in [0.5, 0.6) is 0 Å². The number of thiophene rings is 1. The summed E-state index contributed by atoms with van der Waals surface area (Å²) in [6.45, 7) is 2.15. The van der Waals surface area contributed by atoms with Crippen molar-refractivity contribution in [2.75, 3.05) is 0 Å². The Kier molecular flexibility index (Phi) is 8.64. The van der Waals surface area contributed by atoms with Gasteiger partial charge in [-0.25, -0.2) is 15.0 Å². The van der Waals surface area contributed by atoms with Crippen LogP contribution in [0.2, 0.25) is 0 Å². The fourth-order valence-corrected chi connectivity index (χ4v) is 12.1. The zero-order valence-electron chi connectivity index (χ0n) is 38.3. The van der Waals surface area contributed by atoms with Gasteiger partial charge in [0.05, 0.1) is 38.7 Å². The van der Waals surface area contributed by atoms with Gasteiger partial charge in [-0.1, -0.05) is 146 Å². The molecule has 0 amide bonds. The summed E-state index contributed by atoms with van der Waals surface area (Å²) in [4.78, 5) is 15.5. The number of furan rings is 1. The van der Waals surface area contributed by atoms with E-state index in [0.717, 1.165) is 72.1 Å². The van der Waals surface area contributed by atoms with Crippen molar-refractivity contribution in [2.45, 2.75) is 6.92 Å². The van der Waals surface area contributed by atoms with E-state index in [1.54, 1.807) is 0 Å². The van der Waals surface area contributed by atoms with Crippen LogP contribution in [0.4, 0.5) is 0 Å². The Labute approximate surface area is 411 Å². The highest BCUT2D eigenvalue weighted by Gasteiger charge is 2.26. The van der Waals surface area contributed by atoms with Gasteiger partial charge in [0.25, 0.3) is 0 Å². The highest BCUT2D eigenvalue weighted by Crippen LogP contribution is 2.47. The third kappa shape index (κ3) is 6.10. The van der Waals surface area contributed by atoms with E-state index in [1.165, 1.54) is 58.4 Å². The first-order chi connectivity index (χ1) is 35.1. The highest BCUT2D eigenvalue weighted by molar-refractivity contribution is 7.25. The first kappa shape index (κ1) is 39.8. The largest absolute Gasteiger partial charge is 0.455 e. The second kappa shape index (κ2) is 15.4. The first-order valence-corrected chi connectivity index (χ1v) is 24.7. The zero-order chi connectivity index (χ0) is 46.7. The maximum Gasteiger partial charge on any atom is 0.168 e. The molecule has 0 aliphatic carbocycles. The number of aromatic nitrogens is 5. The predicted molar refractivity (Wildman–Crippen MR) is 295 cm³/mol. The topological polar surface area (TPSA) is 61.7 Å². The lowest BCUT2D eigenvalue weighted by atomic mass is 10.00. The van der Waals surface area contributed by atoms with Gasteiger partial charge in [-0.2, -0.15) is 0 Å². The van der Waals surface area contributed by atoms with Crippen molar-refractivity contribution in [1.29, 1.82) is 0 Å². The highest BCUT2D eigenvalue weighted by atomic mass is 32.1. The summed E-state index contributed by atoms with van der Waals surface area (Å²) in [5.41, 5.74) is 14.2. The van der Waals surface area contributed by atoms with Gasteiger partial charge in [0.15, 0.2) is 17.5 Å². The molecular formula is C64H39N5OS. The van der Waals surface area contributed by atoms with Crippen molar-refractivity contribution < 1.29 is 4.42 Å². The van der Waals surface area contributed by atoms with E-state index in [2.05, 4.69) is 168 Å². The minimum absolute atomic E-state index is 0.558. The molecule has 10 aromatic carbocycles. The molecule has 0 unspecified atom stereocenters. The third-order valence-electron chi connectivity index (χ3n) is 14.3. The van der Waals surface area contributed by atoms with Crippen molar-refractivity contribution in [2.24, 2.45) is 0 Å². The zero-order valence-corrected chi connectivity index (χ0v) is 39.2. The van der Waals surface area contributed by atoms with Gasteiger partial charge in [-0.15, -0.1) is 11.3 Å². The summed E-state index contributed by atoms with van der Waals surface area (Å²) in [5, 5.41) is 9.35. The molecule has 0 aliphatic heterocycles. The van der Waals surface area contributed by atoms with Gasteiger partial charge in [0.2, 0.25) is 0 Å². The molecular weight excluding hydrogens is 887 g/mol. The number of aryl methyl sites for hydroxylation is 1.